The van der Waals surface area contributed by atoms with E-state index in [9.17, 15) is 4.79 Å². The summed E-state index contributed by atoms with van der Waals surface area (Å²) in [5, 5.41) is 0. The molecule has 2 fully saturated rings. The van der Waals surface area contributed by atoms with Gasteiger partial charge in [-0.25, -0.2) is 0 Å². The van der Waals surface area contributed by atoms with Gasteiger partial charge in [-0.2, -0.15) is 0 Å². The van der Waals surface area contributed by atoms with Crippen molar-refractivity contribution in [2.75, 3.05) is 14.1 Å². The Morgan fingerprint density at radius 1 is 0.929 bits per heavy atom. The number of para-hydroxylation sites is 2. The Labute approximate surface area is 176 Å². The number of nitrogens with zero attached hydrogens (tertiary/aromatic N) is 1. The summed E-state index contributed by atoms with van der Waals surface area (Å²) in [4.78, 5) is 13.3. The number of ether oxygens (including phenoxy) is 2. The van der Waals surface area contributed by atoms with E-state index in [-0.39, 0.29) is 29.1 Å². The number of fused-ring (bicyclic) bond motifs is 4. The molecule has 2 unspecified atom stereocenters. The van der Waals surface area contributed by atoms with Crippen LogP contribution in [0.25, 0.3) is 0 Å². The molecule has 0 aliphatic carbocycles. The third kappa shape index (κ3) is 3.05. The van der Waals surface area contributed by atoms with Crippen molar-refractivity contribution in [2.45, 2.75) is 49.8 Å². The summed E-state index contributed by atoms with van der Waals surface area (Å²) in [6.45, 7) is 0. The topological polar surface area (TPSA) is 35.5 Å². The highest BCUT2D eigenvalue weighted by atomic mass is 79.9. The molecule has 0 amide bonds. The lowest BCUT2D eigenvalue weighted by Gasteiger charge is -2.44. The van der Waals surface area contributed by atoms with Crippen LogP contribution in [-0.4, -0.2) is 42.7 Å². The zero-order chi connectivity index (χ0) is 18.6. The summed E-state index contributed by atoms with van der Waals surface area (Å²) < 4.78 is 13.2. The maximum absolute atomic E-state index is 13.3. The van der Waals surface area contributed by atoms with Crippen LogP contribution in [-0.2, 0) is 9.53 Å². The number of hydrogen-bond donors (Lipinski definition) is 0. The zero-order valence-corrected chi connectivity index (χ0v) is 17.9. The average molecular weight is 444 g/mol. The lowest BCUT2D eigenvalue weighted by molar-refractivity contribution is -0.931. The van der Waals surface area contributed by atoms with Crippen molar-refractivity contribution >= 4 is 5.97 Å². The zero-order valence-electron chi connectivity index (χ0n) is 16.3. The van der Waals surface area contributed by atoms with E-state index in [0.29, 0.717) is 12.1 Å². The molecule has 3 aliphatic heterocycles. The molecule has 0 saturated carbocycles. The normalized spacial score (nSPS) is 27.0. The van der Waals surface area contributed by atoms with Gasteiger partial charge in [0.25, 0.3) is 0 Å². The van der Waals surface area contributed by atoms with E-state index >= 15 is 0 Å². The fourth-order valence-electron chi connectivity index (χ4n) is 5.32. The summed E-state index contributed by atoms with van der Waals surface area (Å²) in [7, 11) is 4.65. The second-order valence-electron chi connectivity index (χ2n) is 8.66. The monoisotopic (exact) mass is 443 g/mol. The van der Waals surface area contributed by atoms with Gasteiger partial charge in [0.05, 0.1) is 26.2 Å². The molecule has 2 atom stereocenters. The minimum atomic E-state index is -0.409. The van der Waals surface area contributed by atoms with Gasteiger partial charge < -0.3 is 30.9 Å². The van der Waals surface area contributed by atoms with Gasteiger partial charge in [0, 0.05) is 36.8 Å². The van der Waals surface area contributed by atoms with Crippen LogP contribution in [0, 0.1) is 0 Å². The van der Waals surface area contributed by atoms with Crippen molar-refractivity contribution in [1.29, 1.82) is 0 Å². The molecule has 4 nitrogen and oxygen atoms in total. The molecule has 28 heavy (non-hydrogen) atoms. The molecule has 2 aromatic carbocycles. The van der Waals surface area contributed by atoms with Crippen LogP contribution in [0.2, 0.25) is 0 Å². The molecule has 3 heterocycles. The summed E-state index contributed by atoms with van der Waals surface area (Å²) in [6.07, 6.45) is 4.47. The molecule has 148 valence electrons. The molecule has 3 aliphatic rings. The van der Waals surface area contributed by atoms with Gasteiger partial charge in [-0.15, -0.1) is 0 Å². The van der Waals surface area contributed by atoms with Crippen molar-refractivity contribution in [3.05, 3.63) is 59.7 Å². The SMILES string of the molecule is C[N+]1(C)C2CCC1CC(OC(=O)C1c3ccccc3Oc3ccccc31)C2.[Br-]. The maximum atomic E-state index is 13.3. The van der Waals surface area contributed by atoms with Crippen LogP contribution in [0.4, 0.5) is 0 Å². The molecule has 0 aromatic heterocycles. The van der Waals surface area contributed by atoms with Gasteiger partial charge in [0.2, 0.25) is 0 Å². The third-order valence-electron chi connectivity index (χ3n) is 6.98. The minimum absolute atomic E-state index is 0. The standard InChI is InChI=1S/C23H26NO3.BrH/c1-24(2)15-11-12-16(24)14-17(13-15)26-23(25)22-18-7-3-5-9-20(18)27-21-10-6-4-8-19(21)22;/h3-10,15-17,22H,11-14H2,1-2H3;1H/q+1;/p-1. The first kappa shape index (κ1) is 19.5. The summed E-state index contributed by atoms with van der Waals surface area (Å²) in [5.41, 5.74) is 1.80. The molecule has 2 bridgehead atoms. The molecule has 5 heteroatoms. The number of piperidine rings is 1. The molecule has 2 saturated heterocycles. The van der Waals surface area contributed by atoms with Crippen molar-refractivity contribution < 1.29 is 35.7 Å². The number of carbonyl (C=O) groups is 1. The number of quaternary nitrogens is 1. The molecule has 2 aromatic rings. The van der Waals surface area contributed by atoms with Crippen LogP contribution >= 0.6 is 0 Å². The molecular weight excluding hydrogens is 418 g/mol. The highest BCUT2D eigenvalue weighted by molar-refractivity contribution is 5.85. The van der Waals surface area contributed by atoms with Crippen molar-refractivity contribution in [3.8, 4) is 11.5 Å². The number of carbonyl (C=O) groups excluding carboxylic acids is 1. The van der Waals surface area contributed by atoms with E-state index in [1.54, 1.807) is 0 Å². The van der Waals surface area contributed by atoms with E-state index in [4.69, 9.17) is 9.47 Å². The number of halogens is 1. The summed E-state index contributed by atoms with van der Waals surface area (Å²) in [6, 6.07) is 16.8. The Kier molecular flexibility index (Phi) is 5.00. The first-order valence-electron chi connectivity index (χ1n) is 9.93. The quantitative estimate of drug-likeness (QED) is 0.517. The molecule has 0 radical (unpaired) electrons. The Morgan fingerprint density at radius 3 is 1.96 bits per heavy atom. The number of benzene rings is 2. The van der Waals surface area contributed by atoms with Crippen LogP contribution in [0.15, 0.2) is 48.5 Å². The second-order valence-corrected chi connectivity index (χ2v) is 8.66. The van der Waals surface area contributed by atoms with Gasteiger partial charge in [0.1, 0.15) is 23.5 Å². The van der Waals surface area contributed by atoms with Crippen LogP contribution in [0.1, 0.15) is 42.7 Å². The van der Waals surface area contributed by atoms with E-state index in [0.717, 1.165) is 40.0 Å². The van der Waals surface area contributed by atoms with E-state index in [1.165, 1.54) is 12.8 Å². The maximum Gasteiger partial charge on any atom is 0.318 e. The fraction of sp³-hybridized carbons (Fsp3) is 0.435. The van der Waals surface area contributed by atoms with Crippen molar-refractivity contribution in [3.63, 3.8) is 0 Å². The number of esters is 1. The molecule has 5 rings (SSSR count). The number of rotatable bonds is 2. The van der Waals surface area contributed by atoms with Gasteiger partial charge >= 0.3 is 5.97 Å². The van der Waals surface area contributed by atoms with E-state index in [1.807, 2.05) is 48.5 Å². The molecule has 0 spiro atoms. The molecular formula is C23H26BrNO3. The highest BCUT2D eigenvalue weighted by Gasteiger charge is 2.50. The van der Waals surface area contributed by atoms with E-state index < -0.39 is 5.92 Å². The predicted molar refractivity (Wildman–Crippen MR) is 103 cm³/mol. The Hall–Kier alpha value is -1.85. The van der Waals surface area contributed by atoms with Gasteiger partial charge in [-0.1, -0.05) is 36.4 Å². The van der Waals surface area contributed by atoms with Crippen LogP contribution in [0.3, 0.4) is 0 Å². The lowest BCUT2D eigenvalue weighted by Crippen LogP contribution is -3.00. The first-order valence-corrected chi connectivity index (χ1v) is 9.93. The summed E-state index contributed by atoms with van der Waals surface area (Å²) >= 11 is 0. The van der Waals surface area contributed by atoms with E-state index in [2.05, 4.69) is 14.1 Å². The van der Waals surface area contributed by atoms with Crippen LogP contribution in [0.5, 0.6) is 11.5 Å². The van der Waals surface area contributed by atoms with Crippen molar-refractivity contribution in [1.82, 2.24) is 0 Å². The Morgan fingerprint density at radius 2 is 1.43 bits per heavy atom. The van der Waals surface area contributed by atoms with Gasteiger partial charge in [0.15, 0.2) is 0 Å². The largest absolute Gasteiger partial charge is 1.00 e. The van der Waals surface area contributed by atoms with Crippen LogP contribution < -0.4 is 21.7 Å². The molecule has 0 N–H and O–H groups in total. The average Bonchev–Trinajstić information content (AvgIpc) is 2.83. The Balaban J connectivity index is 0.00000192. The van der Waals surface area contributed by atoms with Gasteiger partial charge in [-0.3, -0.25) is 4.79 Å². The minimum Gasteiger partial charge on any atom is -1.00 e. The first-order chi connectivity index (χ1) is 13.0. The second kappa shape index (κ2) is 7.20. The Bertz CT molecular complexity index is 835. The van der Waals surface area contributed by atoms with Crippen molar-refractivity contribution in [2.24, 2.45) is 0 Å². The highest BCUT2D eigenvalue weighted by Crippen LogP contribution is 2.46. The fourth-order valence-corrected chi connectivity index (χ4v) is 5.32. The smallest absolute Gasteiger partial charge is 0.318 e. The number of hydrogen-bond acceptors (Lipinski definition) is 3. The predicted octanol–water partition coefficient (Wildman–Crippen LogP) is 1.24. The third-order valence-corrected chi connectivity index (χ3v) is 6.98. The van der Waals surface area contributed by atoms with Gasteiger partial charge in [-0.05, 0) is 12.1 Å². The lowest BCUT2D eigenvalue weighted by atomic mass is 9.88. The summed E-state index contributed by atoms with van der Waals surface area (Å²) in [5.74, 6) is 0.947.